The lowest BCUT2D eigenvalue weighted by atomic mass is 9.85. The minimum atomic E-state index is -1.16. The van der Waals surface area contributed by atoms with Gasteiger partial charge in [0.1, 0.15) is 6.29 Å². The van der Waals surface area contributed by atoms with E-state index in [0.717, 1.165) is 5.56 Å². The number of ketones is 1. The molecule has 7 nitrogen and oxygen atoms in total. The molecule has 0 saturated heterocycles. The van der Waals surface area contributed by atoms with Crippen molar-refractivity contribution in [3.63, 3.8) is 0 Å². The summed E-state index contributed by atoms with van der Waals surface area (Å²) in [4.78, 5) is 47.4. The molecule has 2 unspecified atom stereocenters. The molecule has 28 heavy (non-hydrogen) atoms. The van der Waals surface area contributed by atoms with E-state index in [1.54, 1.807) is 12.1 Å². The van der Waals surface area contributed by atoms with Crippen molar-refractivity contribution in [2.75, 3.05) is 5.32 Å². The summed E-state index contributed by atoms with van der Waals surface area (Å²) in [6.07, 6.45) is 0.290. The first-order valence-electron chi connectivity index (χ1n) is 9.33. The largest absolute Gasteiger partial charge is 0.481 e. The molecule has 3 N–H and O–H groups in total. The first-order valence-corrected chi connectivity index (χ1v) is 9.33. The van der Waals surface area contributed by atoms with E-state index in [2.05, 4.69) is 10.6 Å². The number of amides is 1. The normalized spacial score (nSPS) is 13.6. The van der Waals surface area contributed by atoms with Gasteiger partial charge in [0, 0.05) is 5.69 Å². The molecule has 1 rings (SSSR count). The number of carbonyl (C=O) groups excluding carboxylic acids is 3. The SMILES string of the molecule is CC(C)CC(NC(C=O)CC(=O)O)C(=O)C(=O)Nc1ccccc1C(C)(C)C. The summed E-state index contributed by atoms with van der Waals surface area (Å²) in [6, 6.07) is 5.27. The van der Waals surface area contributed by atoms with Crippen LogP contribution in [-0.4, -0.2) is 41.1 Å². The number of aldehydes is 1. The minimum absolute atomic E-state index is 0.0632. The van der Waals surface area contributed by atoms with Crippen molar-refractivity contribution in [2.45, 2.75) is 65.0 Å². The zero-order valence-corrected chi connectivity index (χ0v) is 17.1. The predicted molar refractivity (Wildman–Crippen MR) is 107 cm³/mol. The average Bonchev–Trinajstić information content (AvgIpc) is 2.58. The van der Waals surface area contributed by atoms with Crippen LogP contribution in [0.1, 0.15) is 53.0 Å². The summed E-state index contributed by atoms with van der Waals surface area (Å²) in [5.41, 5.74) is 1.21. The summed E-state index contributed by atoms with van der Waals surface area (Å²) >= 11 is 0. The van der Waals surface area contributed by atoms with Crippen LogP contribution in [0.4, 0.5) is 5.69 Å². The van der Waals surface area contributed by atoms with E-state index in [1.807, 2.05) is 46.8 Å². The lowest BCUT2D eigenvalue weighted by Crippen LogP contribution is -2.49. The quantitative estimate of drug-likeness (QED) is 0.418. The molecule has 0 aliphatic carbocycles. The Balaban J connectivity index is 3.01. The molecule has 0 heterocycles. The van der Waals surface area contributed by atoms with E-state index in [4.69, 9.17) is 5.11 Å². The Kier molecular flexibility index (Phi) is 8.50. The summed E-state index contributed by atoms with van der Waals surface area (Å²) in [5, 5.41) is 14.3. The Morgan fingerprint density at radius 3 is 2.25 bits per heavy atom. The number of benzene rings is 1. The summed E-state index contributed by atoms with van der Waals surface area (Å²) in [6.45, 7) is 9.76. The third kappa shape index (κ3) is 7.23. The van der Waals surface area contributed by atoms with E-state index in [0.29, 0.717) is 18.4 Å². The fourth-order valence-electron chi connectivity index (χ4n) is 2.90. The summed E-state index contributed by atoms with van der Waals surface area (Å²) < 4.78 is 0. The van der Waals surface area contributed by atoms with Crippen LogP contribution in [-0.2, 0) is 24.6 Å². The zero-order valence-electron chi connectivity index (χ0n) is 17.1. The van der Waals surface area contributed by atoms with Crippen molar-refractivity contribution in [1.29, 1.82) is 0 Å². The second-order valence-corrected chi connectivity index (χ2v) is 8.30. The zero-order chi connectivity index (χ0) is 21.5. The van der Waals surface area contributed by atoms with E-state index in [1.165, 1.54) is 0 Å². The highest BCUT2D eigenvalue weighted by molar-refractivity contribution is 6.42. The third-order valence-electron chi connectivity index (χ3n) is 4.20. The molecule has 0 fully saturated rings. The van der Waals surface area contributed by atoms with Crippen LogP contribution in [0.5, 0.6) is 0 Å². The molecule has 2 atom stereocenters. The van der Waals surface area contributed by atoms with E-state index in [9.17, 15) is 19.2 Å². The number of carbonyl (C=O) groups is 4. The number of hydrogen-bond donors (Lipinski definition) is 3. The van der Waals surface area contributed by atoms with Crippen LogP contribution in [0.25, 0.3) is 0 Å². The van der Waals surface area contributed by atoms with Crippen molar-refractivity contribution >= 4 is 29.6 Å². The second kappa shape index (κ2) is 10.1. The van der Waals surface area contributed by atoms with Crippen molar-refractivity contribution in [2.24, 2.45) is 5.92 Å². The van der Waals surface area contributed by atoms with Gasteiger partial charge in [-0.15, -0.1) is 0 Å². The number of rotatable bonds is 10. The fraction of sp³-hybridized carbons (Fsp3) is 0.524. The van der Waals surface area contributed by atoms with Gasteiger partial charge in [0.15, 0.2) is 0 Å². The van der Waals surface area contributed by atoms with Gasteiger partial charge in [0.05, 0.1) is 18.5 Å². The van der Waals surface area contributed by atoms with Gasteiger partial charge >= 0.3 is 5.97 Å². The fourth-order valence-corrected chi connectivity index (χ4v) is 2.90. The Morgan fingerprint density at radius 1 is 1.14 bits per heavy atom. The smallest absolute Gasteiger partial charge is 0.305 e. The molecule has 0 radical (unpaired) electrons. The third-order valence-corrected chi connectivity index (χ3v) is 4.20. The number of aliphatic carboxylic acids is 1. The van der Waals surface area contributed by atoms with Crippen LogP contribution in [0.2, 0.25) is 0 Å². The number of anilines is 1. The highest BCUT2D eigenvalue weighted by Gasteiger charge is 2.30. The lowest BCUT2D eigenvalue weighted by molar-refractivity contribution is -0.139. The minimum Gasteiger partial charge on any atom is -0.481 e. The summed E-state index contributed by atoms with van der Waals surface area (Å²) in [7, 11) is 0. The second-order valence-electron chi connectivity index (χ2n) is 8.30. The van der Waals surface area contributed by atoms with Crippen molar-refractivity contribution in [3.8, 4) is 0 Å². The monoisotopic (exact) mass is 390 g/mol. The highest BCUT2D eigenvalue weighted by atomic mass is 16.4. The molecule has 0 bridgehead atoms. The van der Waals surface area contributed by atoms with Crippen molar-refractivity contribution in [3.05, 3.63) is 29.8 Å². The molecular weight excluding hydrogens is 360 g/mol. The maximum atomic E-state index is 12.7. The van der Waals surface area contributed by atoms with Crippen LogP contribution in [0.15, 0.2) is 24.3 Å². The first-order chi connectivity index (χ1) is 13.0. The maximum Gasteiger partial charge on any atom is 0.305 e. The molecule has 154 valence electrons. The molecule has 1 aromatic carbocycles. The van der Waals surface area contributed by atoms with Gasteiger partial charge in [-0.3, -0.25) is 19.7 Å². The molecule has 0 aromatic heterocycles. The lowest BCUT2D eigenvalue weighted by Gasteiger charge is -2.24. The van der Waals surface area contributed by atoms with Gasteiger partial charge < -0.3 is 15.2 Å². The van der Waals surface area contributed by atoms with E-state index < -0.39 is 36.2 Å². The van der Waals surface area contributed by atoms with E-state index >= 15 is 0 Å². The number of para-hydroxylation sites is 1. The average molecular weight is 390 g/mol. The number of carboxylic acid groups (broad SMARTS) is 1. The number of Topliss-reactive ketones (excluding diaryl/α,β-unsaturated/α-hetero) is 1. The highest BCUT2D eigenvalue weighted by Crippen LogP contribution is 2.29. The summed E-state index contributed by atoms with van der Waals surface area (Å²) in [5.74, 6) is -2.62. The number of nitrogens with one attached hydrogen (secondary N) is 2. The van der Waals surface area contributed by atoms with Gasteiger partial charge in [-0.2, -0.15) is 0 Å². The van der Waals surface area contributed by atoms with Crippen LogP contribution < -0.4 is 10.6 Å². The Morgan fingerprint density at radius 2 is 1.75 bits per heavy atom. The molecule has 0 aliphatic rings. The molecule has 0 spiro atoms. The Labute approximate surface area is 165 Å². The van der Waals surface area contributed by atoms with Crippen LogP contribution in [0.3, 0.4) is 0 Å². The Bertz CT molecular complexity index is 722. The predicted octanol–water partition coefficient (Wildman–Crippen LogP) is 2.54. The van der Waals surface area contributed by atoms with Gasteiger partial charge in [-0.25, -0.2) is 0 Å². The van der Waals surface area contributed by atoms with Gasteiger partial charge in [0.2, 0.25) is 5.78 Å². The molecule has 0 saturated carbocycles. The molecule has 7 heteroatoms. The number of hydrogen-bond acceptors (Lipinski definition) is 5. The van der Waals surface area contributed by atoms with Crippen LogP contribution >= 0.6 is 0 Å². The topological polar surface area (TPSA) is 113 Å². The van der Waals surface area contributed by atoms with Crippen molar-refractivity contribution in [1.82, 2.24) is 5.32 Å². The van der Waals surface area contributed by atoms with Gasteiger partial charge in [-0.05, 0) is 29.4 Å². The van der Waals surface area contributed by atoms with Gasteiger partial charge in [0.25, 0.3) is 5.91 Å². The van der Waals surface area contributed by atoms with Crippen molar-refractivity contribution < 1.29 is 24.3 Å². The van der Waals surface area contributed by atoms with E-state index in [-0.39, 0.29) is 11.3 Å². The maximum absolute atomic E-state index is 12.7. The first kappa shape index (κ1) is 23.5. The molecule has 1 amide bonds. The van der Waals surface area contributed by atoms with Gasteiger partial charge in [-0.1, -0.05) is 52.8 Å². The Hall–Kier alpha value is -2.54. The molecular formula is C21H30N2O5. The molecule has 0 aliphatic heterocycles. The van der Waals surface area contributed by atoms with Crippen LogP contribution in [0, 0.1) is 5.92 Å². The molecule has 1 aromatic rings. The standard InChI is InChI=1S/C21H30N2O5/c1-13(2)10-17(22-14(12-24)11-18(25)26)19(27)20(28)23-16-9-7-6-8-15(16)21(3,4)5/h6-9,12-14,17,22H,10-11H2,1-5H3,(H,23,28)(H,25,26). The number of carboxylic acids is 1.